The minimum atomic E-state index is -0.618. The van der Waals surface area contributed by atoms with E-state index in [0.717, 1.165) is 0 Å². The minimum Gasteiger partial charge on any atom is -0.423 e. The maximum absolute atomic E-state index is 12.2. The van der Waals surface area contributed by atoms with Crippen LogP contribution in [0.2, 0.25) is 0 Å². The molecule has 0 radical (unpaired) electrons. The molecule has 0 spiro atoms. The largest absolute Gasteiger partial charge is 0.423 e. The van der Waals surface area contributed by atoms with Gasteiger partial charge in [0.2, 0.25) is 12.2 Å². The Morgan fingerprint density at radius 1 is 0.567 bits per heavy atom. The molecule has 146 valence electrons. The van der Waals surface area contributed by atoms with Crippen LogP contribution in [0, 0.1) is 0 Å². The SMILES string of the molecule is O=C=Nc1ccc(OC(=O)c2ccc(C(=O)Oc3ccc(N=C=O)cc3)cc2)cc1. The van der Waals surface area contributed by atoms with E-state index in [1.165, 1.54) is 85.0 Å². The molecule has 0 aliphatic rings. The number of rotatable bonds is 6. The maximum Gasteiger partial charge on any atom is 0.343 e. The number of isocyanates is 2. The molecule has 0 bridgehead atoms. The van der Waals surface area contributed by atoms with Crippen LogP contribution in [0.3, 0.4) is 0 Å². The fraction of sp³-hybridized carbons (Fsp3) is 0. The Hall–Kier alpha value is -4.64. The summed E-state index contributed by atoms with van der Waals surface area (Å²) in [5.41, 5.74) is 1.24. The highest BCUT2D eigenvalue weighted by atomic mass is 16.5. The molecular weight excluding hydrogens is 388 g/mol. The number of esters is 2. The molecule has 3 rings (SSSR count). The van der Waals surface area contributed by atoms with Crippen LogP contribution in [0.5, 0.6) is 11.5 Å². The van der Waals surface area contributed by atoms with E-state index in [4.69, 9.17) is 9.47 Å². The number of ether oxygens (including phenoxy) is 2. The summed E-state index contributed by atoms with van der Waals surface area (Å²) >= 11 is 0. The first-order valence-electron chi connectivity index (χ1n) is 8.49. The van der Waals surface area contributed by atoms with Crippen LogP contribution in [0.1, 0.15) is 20.7 Å². The third-order valence-corrected chi connectivity index (χ3v) is 3.80. The monoisotopic (exact) mass is 400 g/mol. The van der Waals surface area contributed by atoms with Crippen LogP contribution in [-0.2, 0) is 9.59 Å². The van der Waals surface area contributed by atoms with Crippen LogP contribution >= 0.6 is 0 Å². The molecule has 0 aliphatic heterocycles. The summed E-state index contributed by atoms with van der Waals surface area (Å²) in [4.78, 5) is 51.8. The Balaban J connectivity index is 1.63. The molecule has 8 nitrogen and oxygen atoms in total. The highest BCUT2D eigenvalue weighted by Gasteiger charge is 2.12. The molecule has 3 aromatic rings. The van der Waals surface area contributed by atoms with Gasteiger partial charge in [-0.2, -0.15) is 9.98 Å². The van der Waals surface area contributed by atoms with E-state index in [-0.39, 0.29) is 22.6 Å². The first-order chi connectivity index (χ1) is 14.6. The van der Waals surface area contributed by atoms with E-state index >= 15 is 0 Å². The van der Waals surface area contributed by atoms with Gasteiger partial charge in [0.25, 0.3) is 0 Å². The zero-order valence-electron chi connectivity index (χ0n) is 15.3. The van der Waals surface area contributed by atoms with E-state index in [1.54, 1.807) is 0 Å². The van der Waals surface area contributed by atoms with Gasteiger partial charge in [-0.25, -0.2) is 19.2 Å². The average molecular weight is 400 g/mol. The van der Waals surface area contributed by atoms with Crippen molar-refractivity contribution in [2.45, 2.75) is 0 Å². The Morgan fingerprint density at radius 3 is 1.20 bits per heavy atom. The smallest absolute Gasteiger partial charge is 0.343 e. The molecule has 3 aromatic carbocycles. The van der Waals surface area contributed by atoms with Gasteiger partial charge in [-0.1, -0.05) is 0 Å². The molecule has 0 heterocycles. The number of carbonyl (C=O) groups is 2. The molecule has 0 atom stereocenters. The summed E-state index contributed by atoms with van der Waals surface area (Å²) < 4.78 is 10.5. The van der Waals surface area contributed by atoms with Crippen LogP contribution < -0.4 is 9.47 Å². The Morgan fingerprint density at radius 2 is 0.900 bits per heavy atom. The fourth-order valence-electron chi connectivity index (χ4n) is 2.36. The van der Waals surface area contributed by atoms with Crippen LogP contribution in [0.25, 0.3) is 0 Å². The first-order valence-corrected chi connectivity index (χ1v) is 8.49. The van der Waals surface area contributed by atoms with Crippen LogP contribution in [0.4, 0.5) is 11.4 Å². The first kappa shape index (κ1) is 20.1. The molecule has 0 N–H and O–H groups in total. The van der Waals surface area contributed by atoms with Crippen molar-refractivity contribution < 1.29 is 28.7 Å². The Bertz CT molecular complexity index is 1060. The third kappa shape index (κ3) is 5.21. The minimum absolute atomic E-state index is 0.234. The van der Waals surface area contributed by atoms with Crippen molar-refractivity contribution in [2.75, 3.05) is 0 Å². The van der Waals surface area contributed by atoms with E-state index in [2.05, 4.69) is 9.98 Å². The predicted molar refractivity (Wildman–Crippen MR) is 105 cm³/mol. The highest BCUT2D eigenvalue weighted by molar-refractivity contribution is 5.94. The highest BCUT2D eigenvalue weighted by Crippen LogP contribution is 2.20. The lowest BCUT2D eigenvalue weighted by atomic mass is 10.1. The molecule has 0 unspecified atom stereocenters. The van der Waals surface area contributed by atoms with Gasteiger partial charge in [-0.15, -0.1) is 0 Å². The fourth-order valence-corrected chi connectivity index (χ4v) is 2.36. The van der Waals surface area contributed by atoms with Crippen molar-refractivity contribution in [3.05, 3.63) is 83.9 Å². The summed E-state index contributed by atoms with van der Waals surface area (Å²) in [6.45, 7) is 0. The summed E-state index contributed by atoms with van der Waals surface area (Å²) in [5.74, 6) is -0.688. The van der Waals surface area contributed by atoms with Crippen molar-refractivity contribution in [3.63, 3.8) is 0 Å². The van der Waals surface area contributed by atoms with Crippen molar-refractivity contribution in [3.8, 4) is 11.5 Å². The number of carbonyl (C=O) groups excluding carboxylic acids is 4. The number of hydrogen-bond donors (Lipinski definition) is 0. The molecular formula is C22H12N2O6. The van der Waals surface area contributed by atoms with Crippen molar-refractivity contribution >= 4 is 35.5 Å². The summed E-state index contributed by atoms with van der Waals surface area (Å²) in [6, 6.07) is 17.7. The standard InChI is InChI=1S/C22H12N2O6/c25-13-23-17-5-9-19(10-6-17)29-21(27)15-1-2-16(4-3-15)22(28)30-20-11-7-18(8-12-20)24-14-26/h1-12H. The van der Waals surface area contributed by atoms with Gasteiger partial charge in [0.1, 0.15) is 11.5 Å². The molecule has 0 fully saturated rings. The second-order valence-corrected chi connectivity index (χ2v) is 5.75. The Kier molecular flexibility index (Phi) is 6.38. The molecule has 0 saturated carbocycles. The van der Waals surface area contributed by atoms with E-state index in [1.807, 2.05) is 0 Å². The van der Waals surface area contributed by atoms with Gasteiger partial charge in [0.15, 0.2) is 0 Å². The van der Waals surface area contributed by atoms with Crippen LogP contribution in [-0.4, -0.2) is 24.1 Å². The summed E-state index contributed by atoms with van der Waals surface area (Å²) in [6.07, 6.45) is 2.84. The zero-order valence-corrected chi connectivity index (χ0v) is 15.3. The topological polar surface area (TPSA) is 111 Å². The molecule has 0 saturated heterocycles. The van der Waals surface area contributed by atoms with Crippen molar-refractivity contribution in [1.82, 2.24) is 0 Å². The molecule has 0 aromatic heterocycles. The Labute approximate surface area is 170 Å². The second-order valence-electron chi connectivity index (χ2n) is 5.75. The lowest BCUT2D eigenvalue weighted by Gasteiger charge is -2.06. The number of hydrogen-bond acceptors (Lipinski definition) is 8. The van der Waals surface area contributed by atoms with Gasteiger partial charge in [0.05, 0.1) is 22.5 Å². The van der Waals surface area contributed by atoms with E-state index in [0.29, 0.717) is 11.4 Å². The number of nitrogens with zero attached hydrogens (tertiary/aromatic N) is 2. The molecule has 30 heavy (non-hydrogen) atoms. The van der Waals surface area contributed by atoms with Crippen molar-refractivity contribution in [2.24, 2.45) is 9.98 Å². The van der Waals surface area contributed by atoms with Gasteiger partial charge < -0.3 is 9.47 Å². The number of aliphatic imine (C=N–C) groups is 2. The molecule has 0 aliphatic carbocycles. The van der Waals surface area contributed by atoms with Gasteiger partial charge in [-0.3, -0.25) is 0 Å². The lowest BCUT2D eigenvalue weighted by Crippen LogP contribution is -2.11. The van der Waals surface area contributed by atoms with Gasteiger partial charge in [-0.05, 0) is 72.8 Å². The lowest BCUT2D eigenvalue weighted by molar-refractivity contribution is 0.0720. The molecule has 0 amide bonds. The van der Waals surface area contributed by atoms with Gasteiger partial charge in [0, 0.05) is 0 Å². The maximum atomic E-state index is 12.2. The van der Waals surface area contributed by atoms with Crippen molar-refractivity contribution in [1.29, 1.82) is 0 Å². The summed E-state index contributed by atoms with van der Waals surface area (Å²) in [7, 11) is 0. The zero-order chi connectivity index (χ0) is 21.3. The summed E-state index contributed by atoms with van der Waals surface area (Å²) in [5, 5.41) is 0. The number of benzene rings is 3. The predicted octanol–water partition coefficient (Wildman–Crippen LogP) is 4.06. The second kappa shape index (κ2) is 9.52. The van der Waals surface area contributed by atoms with E-state index < -0.39 is 11.9 Å². The van der Waals surface area contributed by atoms with Gasteiger partial charge >= 0.3 is 11.9 Å². The van der Waals surface area contributed by atoms with Crippen LogP contribution in [0.15, 0.2) is 82.8 Å². The molecule has 8 heteroatoms. The normalized spacial score (nSPS) is 9.60. The van der Waals surface area contributed by atoms with E-state index in [9.17, 15) is 19.2 Å². The quantitative estimate of drug-likeness (QED) is 0.267. The average Bonchev–Trinajstić information content (AvgIpc) is 2.77. The third-order valence-electron chi connectivity index (χ3n) is 3.80.